The van der Waals surface area contributed by atoms with E-state index in [4.69, 9.17) is 33.2 Å². The Hall–Kier alpha value is -1.87. The molecular formula is C28H40O12. The summed E-state index contributed by atoms with van der Waals surface area (Å²) in [5.41, 5.74) is -0.769. The van der Waals surface area contributed by atoms with Crippen LogP contribution >= 0.6 is 0 Å². The lowest BCUT2D eigenvalue weighted by Gasteiger charge is -2.46. The molecule has 0 amide bonds. The van der Waals surface area contributed by atoms with Gasteiger partial charge >= 0.3 is 5.97 Å². The third-order valence-corrected chi connectivity index (χ3v) is 8.07. The number of benzene rings is 1. The summed E-state index contributed by atoms with van der Waals surface area (Å²) >= 11 is 0. The summed E-state index contributed by atoms with van der Waals surface area (Å²) in [4.78, 5) is 12.9. The highest BCUT2D eigenvalue weighted by Gasteiger charge is 2.77. The highest BCUT2D eigenvalue weighted by Crippen LogP contribution is 2.61. The topological polar surface area (TPSA) is 166 Å². The molecule has 0 bridgehead atoms. The Kier molecular flexibility index (Phi) is 8.73. The molecule has 1 aromatic rings. The lowest BCUT2D eigenvalue weighted by molar-refractivity contribution is -0.362. The zero-order chi connectivity index (χ0) is 28.8. The van der Waals surface area contributed by atoms with Crippen LogP contribution in [0.15, 0.2) is 24.3 Å². The van der Waals surface area contributed by atoms with E-state index in [2.05, 4.69) is 0 Å². The molecule has 0 spiro atoms. The Morgan fingerprint density at radius 3 is 2.42 bits per heavy atom. The van der Waals surface area contributed by atoms with E-state index in [0.29, 0.717) is 6.42 Å². The zero-order valence-electron chi connectivity index (χ0n) is 23.1. The average Bonchev–Trinajstić information content (AvgIpc) is 3.59. The van der Waals surface area contributed by atoms with Crippen molar-refractivity contribution in [3.8, 4) is 5.75 Å². The number of carbonyl (C=O) groups excluding carboxylic acids is 1. The maximum atomic E-state index is 12.9. The number of epoxide rings is 1. The van der Waals surface area contributed by atoms with Gasteiger partial charge in [-0.2, -0.15) is 0 Å². The van der Waals surface area contributed by atoms with Crippen LogP contribution in [0.5, 0.6) is 5.75 Å². The third-order valence-electron chi connectivity index (χ3n) is 8.07. The van der Waals surface area contributed by atoms with E-state index in [-0.39, 0.29) is 49.3 Å². The number of aromatic hydroxyl groups is 1. The number of hydrogen-bond donors (Lipinski definition) is 4. The number of esters is 1. The molecular weight excluding hydrogens is 528 g/mol. The van der Waals surface area contributed by atoms with E-state index < -0.39 is 66.7 Å². The molecule has 4 N–H and O–H groups in total. The Morgan fingerprint density at radius 1 is 1.05 bits per heavy atom. The van der Waals surface area contributed by atoms with Crippen molar-refractivity contribution in [1.82, 2.24) is 0 Å². The molecule has 4 aliphatic rings. The first-order chi connectivity index (χ1) is 19.1. The highest BCUT2D eigenvalue weighted by molar-refractivity contribution is 5.89. The van der Waals surface area contributed by atoms with E-state index in [9.17, 15) is 25.2 Å². The highest BCUT2D eigenvalue weighted by atomic mass is 16.8. The van der Waals surface area contributed by atoms with Gasteiger partial charge in [0.25, 0.3) is 0 Å². The van der Waals surface area contributed by atoms with Gasteiger partial charge in [0.2, 0.25) is 0 Å². The smallest absolute Gasteiger partial charge is 0.338 e. The lowest BCUT2D eigenvalue weighted by atomic mass is 9.83. The van der Waals surface area contributed by atoms with E-state index in [1.165, 1.54) is 24.3 Å². The molecule has 3 aliphatic heterocycles. The van der Waals surface area contributed by atoms with Gasteiger partial charge in [-0.25, -0.2) is 4.79 Å². The van der Waals surface area contributed by atoms with Gasteiger partial charge in [-0.05, 0) is 58.4 Å². The summed E-state index contributed by atoms with van der Waals surface area (Å²) < 4.78 is 41.6. The molecule has 5 rings (SSSR count). The van der Waals surface area contributed by atoms with Crippen LogP contribution in [-0.4, -0.2) is 113 Å². The fraction of sp³-hybridized carbons (Fsp3) is 0.750. The number of carbonyl (C=O) groups is 1. The first kappa shape index (κ1) is 29.6. The van der Waals surface area contributed by atoms with Gasteiger partial charge in [0.15, 0.2) is 12.6 Å². The summed E-state index contributed by atoms with van der Waals surface area (Å²) in [5.74, 6) is -1.33. The molecule has 11 unspecified atom stereocenters. The molecule has 1 saturated carbocycles. The van der Waals surface area contributed by atoms with Crippen LogP contribution in [0.3, 0.4) is 0 Å². The molecule has 0 radical (unpaired) electrons. The van der Waals surface area contributed by atoms with Crippen LogP contribution in [0, 0.1) is 11.8 Å². The van der Waals surface area contributed by atoms with Crippen molar-refractivity contribution in [2.45, 2.75) is 101 Å². The molecule has 0 aromatic heterocycles. The quantitative estimate of drug-likeness (QED) is 0.231. The number of aliphatic hydroxyl groups excluding tert-OH is 3. The monoisotopic (exact) mass is 568 g/mol. The number of phenols is 1. The number of ether oxygens (including phenoxy) is 7. The van der Waals surface area contributed by atoms with Crippen molar-refractivity contribution in [1.29, 1.82) is 0 Å². The van der Waals surface area contributed by atoms with Gasteiger partial charge in [-0.1, -0.05) is 0 Å². The number of rotatable bonds is 10. The Bertz CT molecular complexity index is 1020. The maximum absolute atomic E-state index is 12.9. The summed E-state index contributed by atoms with van der Waals surface area (Å²) in [7, 11) is 0. The van der Waals surface area contributed by atoms with E-state index >= 15 is 0 Å². The second-order valence-electron chi connectivity index (χ2n) is 11.5. The van der Waals surface area contributed by atoms with Crippen molar-refractivity contribution in [2.75, 3.05) is 19.8 Å². The van der Waals surface area contributed by atoms with Crippen LogP contribution < -0.4 is 0 Å². The van der Waals surface area contributed by atoms with Crippen LogP contribution in [0.2, 0.25) is 0 Å². The molecule has 11 atom stereocenters. The Morgan fingerprint density at radius 2 is 1.77 bits per heavy atom. The molecule has 3 heterocycles. The molecule has 1 aromatic carbocycles. The minimum Gasteiger partial charge on any atom is -0.508 e. The standard InChI is InChI=1S/C28H40O12/c1-13(2)35-11-18-23(36-14(3)4)20(31)21(32)27(37-18)39-26-19-17(9-10-34-26)22(24-28(19,12-29)40-24)38-25(33)15-5-7-16(30)8-6-15/h5-8,13-14,17-24,26-27,29-32H,9-12H2,1-4H3. The molecule has 224 valence electrons. The van der Waals surface area contributed by atoms with Crippen LogP contribution in [0.1, 0.15) is 44.5 Å². The van der Waals surface area contributed by atoms with Crippen LogP contribution in [-0.2, 0) is 33.2 Å². The molecule has 3 saturated heterocycles. The molecule has 12 nitrogen and oxygen atoms in total. The maximum Gasteiger partial charge on any atom is 0.338 e. The fourth-order valence-corrected chi connectivity index (χ4v) is 6.16. The van der Waals surface area contributed by atoms with Gasteiger partial charge in [0, 0.05) is 5.92 Å². The summed E-state index contributed by atoms with van der Waals surface area (Å²) in [6.45, 7) is 7.44. The number of aliphatic hydroxyl groups is 3. The minimum absolute atomic E-state index is 0.0315. The minimum atomic E-state index is -1.45. The van der Waals surface area contributed by atoms with Gasteiger partial charge in [-0.15, -0.1) is 0 Å². The van der Waals surface area contributed by atoms with Crippen molar-refractivity contribution in [3.63, 3.8) is 0 Å². The lowest BCUT2D eigenvalue weighted by Crippen LogP contribution is -2.62. The molecule has 1 aliphatic carbocycles. The fourth-order valence-electron chi connectivity index (χ4n) is 6.16. The van der Waals surface area contributed by atoms with Gasteiger partial charge in [-0.3, -0.25) is 0 Å². The predicted octanol–water partition coefficient (Wildman–Crippen LogP) is 0.722. The number of phenolic OH excluding ortho intramolecular Hbond substituents is 1. The van der Waals surface area contributed by atoms with Gasteiger partial charge in [0.1, 0.15) is 48.0 Å². The SMILES string of the molecule is CC(C)OCC1OC(OC2OCCC3C(OC(=O)c4ccc(O)cc4)C4OC4(CO)C23)C(O)C(O)C1OC(C)C. The molecule has 12 heteroatoms. The first-order valence-corrected chi connectivity index (χ1v) is 13.9. The number of hydrogen-bond acceptors (Lipinski definition) is 12. The second-order valence-corrected chi connectivity index (χ2v) is 11.5. The van der Waals surface area contributed by atoms with Crippen LogP contribution in [0.25, 0.3) is 0 Å². The van der Waals surface area contributed by atoms with Crippen molar-refractivity contribution in [3.05, 3.63) is 29.8 Å². The summed E-state index contributed by atoms with van der Waals surface area (Å²) in [6.07, 6.45) is -7.61. The van der Waals surface area contributed by atoms with E-state index in [0.717, 1.165) is 0 Å². The van der Waals surface area contributed by atoms with Gasteiger partial charge in [0.05, 0.1) is 43.5 Å². The average molecular weight is 569 g/mol. The summed E-state index contributed by atoms with van der Waals surface area (Å²) in [6, 6.07) is 5.74. The van der Waals surface area contributed by atoms with Crippen LogP contribution in [0.4, 0.5) is 0 Å². The summed E-state index contributed by atoms with van der Waals surface area (Å²) in [5, 5.41) is 41.8. The predicted molar refractivity (Wildman–Crippen MR) is 136 cm³/mol. The zero-order valence-corrected chi connectivity index (χ0v) is 23.1. The first-order valence-electron chi connectivity index (χ1n) is 13.9. The van der Waals surface area contributed by atoms with E-state index in [1.807, 2.05) is 27.7 Å². The molecule has 4 fully saturated rings. The van der Waals surface area contributed by atoms with Crippen molar-refractivity contribution in [2.24, 2.45) is 11.8 Å². The normalized spacial score (nSPS) is 40.6. The Labute approximate surface area is 233 Å². The molecule has 40 heavy (non-hydrogen) atoms. The number of fused-ring (bicyclic) bond motifs is 3. The van der Waals surface area contributed by atoms with E-state index in [1.54, 1.807) is 0 Å². The van der Waals surface area contributed by atoms with Crippen molar-refractivity contribution >= 4 is 5.97 Å². The van der Waals surface area contributed by atoms with Crippen molar-refractivity contribution < 1.29 is 58.4 Å². The third kappa shape index (κ3) is 5.61. The van der Waals surface area contributed by atoms with Gasteiger partial charge < -0.3 is 53.6 Å². The second kappa shape index (κ2) is 11.8. The Balaban J connectivity index is 1.32. The largest absolute Gasteiger partial charge is 0.508 e.